The fourth-order valence-corrected chi connectivity index (χ4v) is 3.64. The van der Waals surface area contributed by atoms with Crippen LogP contribution >= 0.6 is 0 Å². The van der Waals surface area contributed by atoms with E-state index in [0.29, 0.717) is 19.0 Å². The predicted octanol–water partition coefficient (Wildman–Crippen LogP) is 0.501. The predicted molar refractivity (Wildman–Crippen MR) is 70.0 cm³/mol. The third kappa shape index (κ3) is 3.19. The third-order valence-corrected chi connectivity index (χ3v) is 5.15. The maximum absolute atomic E-state index is 12.3. The molecule has 1 aliphatic heterocycles. The van der Waals surface area contributed by atoms with Crippen LogP contribution in [-0.4, -0.2) is 55.8 Å². The highest BCUT2D eigenvalue weighted by Crippen LogP contribution is 2.24. The maximum atomic E-state index is 12.3. The van der Waals surface area contributed by atoms with E-state index in [2.05, 4.69) is 19.2 Å². The molecule has 0 aromatic carbocycles. The van der Waals surface area contributed by atoms with Gasteiger partial charge in [-0.15, -0.1) is 0 Å². The summed E-state index contributed by atoms with van der Waals surface area (Å²) in [6.45, 7) is 9.39. The van der Waals surface area contributed by atoms with Gasteiger partial charge in [0, 0.05) is 38.8 Å². The van der Waals surface area contributed by atoms with E-state index in [4.69, 9.17) is 0 Å². The Hall–Kier alpha value is -0.170. The fraction of sp³-hybridized carbons (Fsp3) is 1.00. The summed E-state index contributed by atoms with van der Waals surface area (Å²) in [6, 6.07) is 0.0235. The van der Waals surface area contributed by atoms with Crippen LogP contribution in [0.15, 0.2) is 0 Å². The van der Waals surface area contributed by atoms with Crippen LogP contribution in [0.3, 0.4) is 0 Å². The van der Waals surface area contributed by atoms with Gasteiger partial charge in [0.2, 0.25) is 0 Å². The van der Waals surface area contributed by atoms with Crippen LogP contribution in [0.4, 0.5) is 0 Å². The Morgan fingerprint density at radius 1 is 1.35 bits per heavy atom. The van der Waals surface area contributed by atoms with Crippen molar-refractivity contribution in [2.45, 2.75) is 39.3 Å². The van der Waals surface area contributed by atoms with Gasteiger partial charge >= 0.3 is 0 Å². The standard InChI is InChI=1S/C11H25N3O2S/c1-9(2)10-7-12-11(3,4)8-14(10)17(15,16)13(5)6/h9-10,12H,7-8H2,1-6H3. The Labute approximate surface area is 105 Å². The van der Waals surface area contributed by atoms with Gasteiger partial charge in [0.05, 0.1) is 0 Å². The molecule has 1 aliphatic rings. The van der Waals surface area contributed by atoms with Crippen LogP contribution in [0.2, 0.25) is 0 Å². The van der Waals surface area contributed by atoms with Gasteiger partial charge in [-0.25, -0.2) is 0 Å². The van der Waals surface area contributed by atoms with Crippen LogP contribution in [0, 0.1) is 5.92 Å². The topological polar surface area (TPSA) is 52.7 Å². The van der Waals surface area contributed by atoms with Crippen molar-refractivity contribution in [3.05, 3.63) is 0 Å². The molecule has 102 valence electrons. The second-order valence-corrected chi connectivity index (χ2v) is 8.01. The lowest BCUT2D eigenvalue weighted by Crippen LogP contribution is -2.65. The second kappa shape index (κ2) is 4.84. The van der Waals surface area contributed by atoms with E-state index in [0.717, 1.165) is 0 Å². The molecular formula is C11H25N3O2S. The zero-order valence-corrected chi connectivity index (χ0v) is 12.5. The van der Waals surface area contributed by atoms with Crippen LogP contribution in [0.25, 0.3) is 0 Å². The Morgan fingerprint density at radius 3 is 2.29 bits per heavy atom. The van der Waals surface area contributed by atoms with Gasteiger partial charge in [-0.05, 0) is 19.8 Å². The summed E-state index contributed by atoms with van der Waals surface area (Å²) in [5.74, 6) is 0.299. The first-order valence-electron chi connectivity index (χ1n) is 6.02. The zero-order chi connectivity index (χ0) is 13.4. The SMILES string of the molecule is CC(C)C1CNC(C)(C)CN1S(=O)(=O)N(C)C. The average molecular weight is 263 g/mol. The van der Waals surface area contributed by atoms with Crippen molar-refractivity contribution in [1.29, 1.82) is 0 Å². The van der Waals surface area contributed by atoms with Crippen molar-refractivity contribution in [3.8, 4) is 0 Å². The second-order valence-electron chi connectivity index (χ2n) is 5.91. The molecule has 0 amide bonds. The highest BCUT2D eigenvalue weighted by Gasteiger charge is 2.41. The molecule has 0 saturated carbocycles. The molecule has 1 rings (SSSR count). The molecule has 1 saturated heterocycles. The number of rotatable bonds is 3. The number of piperazine rings is 1. The van der Waals surface area contributed by atoms with Crippen molar-refractivity contribution in [2.24, 2.45) is 5.92 Å². The highest BCUT2D eigenvalue weighted by molar-refractivity contribution is 7.86. The first kappa shape index (κ1) is 14.9. The molecule has 0 aliphatic carbocycles. The molecule has 0 aromatic rings. The minimum Gasteiger partial charge on any atom is -0.309 e. The van der Waals surface area contributed by atoms with Gasteiger partial charge < -0.3 is 5.32 Å². The minimum absolute atomic E-state index is 0.0235. The summed E-state index contributed by atoms with van der Waals surface area (Å²) in [4.78, 5) is 0. The molecule has 1 heterocycles. The number of nitrogens with zero attached hydrogens (tertiary/aromatic N) is 2. The molecule has 0 bridgehead atoms. The molecule has 1 atom stereocenters. The zero-order valence-electron chi connectivity index (χ0n) is 11.7. The number of nitrogens with one attached hydrogen (secondary N) is 1. The third-order valence-electron chi connectivity index (χ3n) is 3.24. The largest absolute Gasteiger partial charge is 0.309 e. The van der Waals surface area contributed by atoms with Gasteiger partial charge in [-0.1, -0.05) is 13.8 Å². The van der Waals surface area contributed by atoms with E-state index < -0.39 is 10.2 Å². The molecule has 5 nitrogen and oxygen atoms in total. The maximum Gasteiger partial charge on any atom is 0.281 e. The van der Waals surface area contributed by atoms with E-state index in [9.17, 15) is 8.42 Å². The van der Waals surface area contributed by atoms with Gasteiger partial charge in [-0.2, -0.15) is 17.0 Å². The van der Waals surface area contributed by atoms with E-state index in [1.54, 1.807) is 18.4 Å². The molecule has 1 unspecified atom stereocenters. The number of hydrogen-bond acceptors (Lipinski definition) is 3. The van der Waals surface area contributed by atoms with Crippen LogP contribution < -0.4 is 5.32 Å². The Balaban J connectivity index is 3.05. The molecule has 6 heteroatoms. The van der Waals surface area contributed by atoms with Crippen LogP contribution in [0.1, 0.15) is 27.7 Å². The van der Waals surface area contributed by atoms with Crippen molar-refractivity contribution in [2.75, 3.05) is 27.2 Å². The molecule has 17 heavy (non-hydrogen) atoms. The van der Waals surface area contributed by atoms with Gasteiger partial charge in [0.15, 0.2) is 0 Å². The van der Waals surface area contributed by atoms with E-state index in [1.165, 1.54) is 4.31 Å². The van der Waals surface area contributed by atoms with Gasteiger partial charge in [0.25, 0.3) is 10.2 Å². The summed E-state index contributed by atoms with van der Waals surface area (Å²) in [6.07, 6.45) is 0. The first-order chi connectivity index (χ1) is 7.58. The summed E-state index contributed by atoms with van der Waals surface area (Å²) < 4.78 is 27.6. The van der Waals surface area contributed by atoms with Crippen LogP contribution in [-0.2, 0) is 10.2 Å². The molecule has 1 N–H and O–H groups in total. The Kier molecular flexibility index (Phi) is 4.24. The number of hydrogen-bond donors (Lipinski definition) is 1. The Morgan fingerprint density at radius 2 is 1.88 bits per heavy atom. The summed E-state index contributed by atoms with van der Waals surface area (Å²) >= 11 is 0. The van der Waals surface area contributed by atoms with Gasteiger partial charge in [0.1, 0.15) is 0 Å². The first-order valence-corrected chi connectivity index (χ1v) is 7.42. The molecule has 0 aromatic heterocycles. The van der Waals surface area contributed by atoms with E-state index >= 15 is 0 Å². The van der Waals surface area contributed by atoms with Crippen LogP contribution in [0.5, 0.6) is 0 Å². The molecule has 0 radical (unpaired) electrons. The lowest BCUT2D eigenvalue weighted by molar-refractivity contribution is 0.138. The minimum atomic E-state index is -3.34. The average Bonchev–Trinajstić information content (AvgIpc) is 2.15. The van der Waals surface area contributed by atoms with Crippen molar-refractivity contribution in [3.63, 3.8) is 0 Å². The smallest absolute Gasteiger partial charge is 0.281 e. The normalized spacial score (nSPS) is 26.7. The van der Waals surface area contributed by atoms with Crippen molar-refractivity contribution in [1.82, 2.24) is 13.9 Å². The summed E-state index contributed by atoms with van der Waals surface area (Å²) in [7, 11) is -0.168. The van der Waals surface area contributed by atoms with Crippen molar-refractivity contribution >= 4 is 10.2 Å². The molecule has 1 fully saturated rings. The van der Waals surface area contributed by atoms with Gasteiger partial charge in [-0.3, -0.25) is 0 Å². The van der Waals surface area contributed by atoms with Crippen molar-refractivity contribution < 1.29 is 8.42 Å². The molecule has 0 spiro atoms. The van der Waals surface area contributed by atoms with E-state index in [1.807, 2.05) is 13.8 Å². The summed E-state index contributed by atoms with van der Waals surface area (Å²) in [5.41, 5.74) is -0.172. The lowest BCUT2D eigenvalue weighted by atomic mass is 9.96. The lowest BCUT2D eigenvalue weighted by Gasteiger charge is -2.45. The monoisotopic (exact) mass is 263 g/mol. The molecular weight excluding hydrogens is 238 g/mol. The van der Waals surface area contributed by atoms with E-state index in [-0.39, 0.29) is 11.6 Å². The Bertz CT molecular complexity index is 363. The highest BCUT2D eigenvalue weighted by atomic mass is 32.2. The summed E-state index contributed by atoms with van der Waals surface area (Å²) in [5, 5.41) is 3.41. The fourth-order valence-electron chi connectivity index (χ4n) is 2.08. The quantitative estimate of drug-likeness (QED) is 0.807.